The smallest absolute Gasteiger partial charge is 0.277 e. The SMILES string of the molecule is C[C@@H]1C[NH+](CC(=O)N2CCC(c3nc4ccccc4s3)CC2)C[C@@H](C)O1. The van der Waals surface area contributed by atoms with E-state index in [1.807, 2.05) is 17.4 Å². The van der Waals surface area contributed by atoms with E-state index in [9.17, 15) is 4.79 Å². The molecule has 140 valence electrons. The molecule has 0 bridgehead atoms. The number of amides is 1. The van der Waals surface area contributed by atoms with Crippen LogP contribution in [-0.4, -0.2) is 60.7 Å². The molecule has 2 aromatic rings. The van der Waals surface area contributed by atoms with Crippen LogP contribution in [0.15, 0.2) is 24.3 Å². The van der Waals surface area contributed by atoms with E-state index in [2.05, 4.69) is 36.9 Å². The van der Waals surface area contributed by atoms with Gasteiger partial charge in [0.05, 0.1) is 15.2 Å². The fraction of sp³-hybridized carbons (Fsp3) is 0.600. The maximum atomic E-state index is 12.7. The van der Waals surface area contributed by atoms with E-state index >= 15 is 0 Å². The molecule has 0 saturated carbocycles. The molecule has 2 aliphatic heterocycles. The Morgan fingerprint density at radius 1 is 1.23 bits per heavy atom. The van der Waals surface area contributed by atoms with Gasteiger partial charge in [-0.05, 0) is 38.8 Å². The molecule has 0 aliphatic carbocycles. The zero-order chi connectivity index (χ0) is 18.1. The van der Waals surface area contributed by atoms with Gasteiger partial charge in [-0.1, -0.05) is 12.1 Å². The normalized spacial score (nSPS) is 27.8. The van der Waals surface area contributed by atoms with Gasteiger partial charge in [-0.25, -0.2) is 4.98 Å². The van der Waals surface area contributed by atoms with Crippen molar-refractivity contribution < 1.29 is 14.4 Å². The van der Waals surface area contributed by atoms with Crippen LogP contribution < -0.4 is 4.90 Å². The molecule has 2 fully saturated rings. The Morgan fingerprint density at radius 3 is 2.62 bits per heavy atom. The summed E-state index contributed by atoms with van der Waals surface area (Å²) in [5.74, 6) is 0.788. The first-order valence-electron chi connectivity index (χ1n) is 9.70. The lowest BCUT2D eigenvalue weighted by Crippen LogP contribution is -3.16. The molecule has 1 N–H and O–H groups in total. The number of hydrogen-bond acceptors (Lipinski definition) is 4. The number of ether oxygens (including phenoxy) is 1. The van der Waals surface area contributed by atoms with Gasteiger partial charge in [0.15, 0.2) is 6.54 Å². The van der Waals surface area contributed by atoms with Crippen molar-refractivity contribution in [1.82, 2.24) is 9.88 Å². The summed E-state index contributed by atoms with van der Waals surface area (Å²) in [7, 11) is 0. The van der Waals surface area contributed by atoms with Crippen LogP contribution in [0.2, 0.25) is 0 Å². The summed E-state index contributed by atoms with van der Waals surface area (Å²) in [5, 5.41) is 1.24. The molecule has 26 heavy (non-hydrogen) atoms. The number of carbonyl (C=O) groups is 1. The molecule has 1 aromatic heterocycles. The Hall–Kier alpha value is -1.50. The highest BCUT2D eigenvalue weighted by Gasteiger charge is 2.31. The third kappa shape index (κ3) is 3.92. The van der Waals surface area contributed by atoms with E-state index in [1.165, 1.54) is 14.6 Å². The first kappa shape index (κ1) is 17.9. The zero-order valence-corrected chi connectivity index (χ0v) is 16.4. The molecular weight excluding hydrogens is 346 g/mol. The average molecular weight is 375 g/mol. The standard InChI is InChI=1S/C20H27N3O2S/c1-14-11-22(12-15(2)25-14)13-19(24)23-9-7-16(8-10-23)20-21-17-5-3-4-6-18(17)26-20/h3-6,14-16H,7-13H2,1-2H3/p+1/t14-,15-/m1/s1. The van der Waals surface area contributed by atoms with E-state index in [0.29, 0.717) is 18.4 Å². The summed E-state index contributed by atoms with van der Waals surface area (Å²) in [6.07, 6.45) is 2.53. The third-order valence-electron chi connectivity index (χ3n) is 5.53. The monoisotopic (exact) mass is 374 g/mol. The lowest BCUT2D eigenvalue weighted by atomic mass is 9.97. The Balaban J connectivity index is 1.32. The van der Waals surface area contributed by atoms with Gasteiger partial charge < -0.3 is 14.5 Å². The minimum atomic E-state index is 0.242. The number of fused-ring (bicyclic) bond motifs is 1. The summed E-state index contributed by atoms with van der Waals surface area (Å²) < 4.78 is 7.04. The Labute approximate surface area is 159 Å². The maximum Gasteiger partial charge on any atom is 0.277 e. The fourth-order valence-electron chi connectivity index (χ4n) is 4.30. The second kappa shape index (κ2) is 7.62. The number of piperidine rings is 1. The molecule has 4 rings (SSSR count). The lowest BCUT2D eigenvalue weighted by Gasteiger charge is -2.35. The highest BCUT2D eigenvalue weighted by Crippen LogP contribution is 2.33. The first-order valence-corrected chi connectivity index (χ1v) is 10.5. The van der Waals surface area contributed by atoms with Gasteiger partial charge in [-0.15, -0.1) is 11.3 Å². The van der Waals surface area contributed by atoms with Gasteiger partial charge in [0, 0.05) is 19.0 Å². The number of carbonyl (C=O) groups excluding carboxylic acids is 1. The van der Waals surface area contributed by atoms with E-state index in [0.717, 1.165) is 44.5 Å². The van der Waals surface area contributed by atoms with Gasteiger partial charge in [-0.2, -0.15) is 0 Å². The number of benzene rings is 1. The van der Waals surface area contributed by atoms with Crippen LogP contribution >= 0.6 is 11.3 Å². The van der Waals surface area contributed by atoms with Crippen LogP contribution in [0, 0.1) is 0 Å². The molecule has 1 aromatic carbocycles. The van der Waals surface area contributed by atoms with Crippen LogP contribution in [-0.2, 0) is 9.53 Å². The number of morpholine rings is 1. The van der Waals surface area contributed by atoms with Crippen LogP contribution in [0.25, 0.3) is 10.2 Å². The number of likely N-dealkylation sites (tertiary alicyclic amines) is 1. The quantitative estimate of drug-likeness (QED) is 0.889. The second-order valence-corrected chi connectivity index (χ2v) is 8.83. The predicted octanol–water partition coefficient (Wildman–Crippen LogP) is 1.69. The lowest BCUT2D eigenvalue weighted by molar-refractivity contribution is -0.907. The second-order valence-electron chi connectivity index (χ2n) is 7.77. The van der Waals surface area contributed by atoms with Gasteiger partial charge in [-0.3, -0.25) is 4.79 Å². The number of thiazole rings is 1. The molecule has 2 aliphatic rings. The molecule has 0 spiro atoms. The molecule has 3 heterocycles. The van der Waals surface area contributed by atoms with E-state index in [4.69, 9.17) is 9.72 Å². The van der Waals surface area contributed by atoms with Crippen molar-refractivity contribution in [3.8, 4) is 0 Å². The number of quaternary nitrogens is 1. The van der Waals surface area contributed by atoms with Gasteiger partial charge >= 0.3 is 0 Å². The number of hydrogen-bond donors (Lipinski definition) is 1. The summed E-state index contributed by atoms with van der Waals surface area (Å²) in [4.78, 5) is 20.9. The van der Waals surface area contributed by atoms with Crippen LogP contribution in [0.3, 0.4) is 0 Å². The third-order valence-corrected chi connectivity index (χ3v) is 6.72. The number of nitrogens with one attached hydrogen (secondary N) is 1. The fourth-order valence-corrected chi connectivity index (χ4v) is 5.44. The van der Waals surface area contributed by atoms with Crippen molar-refractivity contribution >= 4 is 27.5 Å². The van der Waals surface area contributed by atoms with Crippen molar-refractivity contribution in [3.63, 3.8) is 0 Å². The van der Waals surface area contributed by atoms with Gasteiger partial charge in [0.2, 0.25) is 0 Å². The molecule has 0 radical (unpaired) electrons. The van der Waals surface area contributed by atoms with Crippen LogP contribution in [0.1, 0.15) is 37.6 Å². The summed E-state index contributed by atoms with van der Waals surface area (Å²) in [5.41, 5.74) is 1.10. The van der Waals surface area contributed by atoms with E-state index in [1.54, 1.807) is 0 Å². The molecule has 2 saturated heterocycles. The maximum absolute atomic E-state index is 12.7. The molecule has 2 atom stereocenters. The number of nitrogens with zero attached hydrogens (tertiary/aromatic N) is 2. The Bertz CT molecular complexity index is 726. The van der Waals surface area contributed by atoms with Crippen LogP contribution in [0.4, 0.5) is 0 Å². The molecule has 6 heteroatoms. The Kier molecular flexibility index (Phi) is 5.25. The van der Waals surface area contributed by atoms with E-state index in [-0.39, 0.29) is 12.2 Å². The van der Waals surface area contributed by atoms with E-state index < -0.39 is 0 Å². The van der Waals surface area contributed by atoms with Gasteiger partial charge in [0.1, 0.15) is 25.3 Å². The summed E-state index contributed by atoms with van der Waals surface area (Å²) in [6.45, 7) is 8.37. The number of aromatic nitrogens is 1. The van der Waals surface area contributed by atoms with Crippen molar-refractivity contribution in [3.05, 3.63) is 29.3 Å². The van der Waals surface area contributed by atoms with Crippen molar-refractivity contribution in [2.45, 2.75) is 44.8 Å². The summed E-state index contributed by atoms with van der Waals surface area (Å²) in [6, 6.07) is 8.34. The minimum Gasteiger partial charge on any atom is -0.364 e. The van der Waals surface area contributed by atoms with Crippen LogP contribution in [0.5, 0.6) is 0 Å². The minimum absolute atomic E-state index is 0.242. The molecule has 1 amide bonds. The predicted molar refractivity (Wildman–Crippen MR) is 104 cm³/mol. The van der Waals surface area contributed by atoms with Crippen molar-refractivity contribution in [1.29, 1.82) is 0 Å². The molecular formula is C20H28N3O2S+. The molecule has 5 nitrogen and oxygen atoms in total. The largest absolute Gasteiger partial charge is 0.364 e. The van der Waals surface area contributed by atoms with Gasteiger partial charge in [0.25, 0.3) is 5.91 Å². The van der Waals surface area contributed by atoms with Crippen molar-refractivity contribution in [2.24, 2.45) is 0 Å². The first-order chi connectivity index (χ1) is 12.6. The van der Waals surface area contributed by atoms with Crippen molar-refractivity contribution in [2.75, 3.05) is 32.7 Å². The Morgan fingerprint density at radius 2 is 1.92 bits per heavy atom. The average Bonchev–Trinajstić information content (AvgIpc) is 3.05. The number of rotatable bonds is 3. The summed E-state index contributed by atoms with van der Waals surface area (Å²) >= 11 is 1.81. The highest BCUT2D eigenvalue weighted by molar-refractivity contribution is 7.18. The number of para-hydroxylation sites is 1. The topological polar surface area (TPSA) is 46.9 Å². The molecule has 0 unspecified atom stereocenters. The zero-order valence-electron chi connectivity index (χ0n) is 15.6. The highest BCUT2D eigenvalue weighted by atomic mass is 32.1.